The Morgan fingerprint density at radius 2 is 1.94 bits per heavy atom. The fraction of sp³-hybridized carbons (Fsp3) is 0.846. The van der Waals surface area contributed by atoms with Crippen LogP contribution in [-0.2, 0) is 4.79 Å². The highest BCUT2D eigenvalue weighted by Crippen LogP contribution is 2.27. The number of carboxylic acid groups (broad SMARTS) is 1. The predicted octanol–water partition coefficient (Wildman–Crippen LogP) is 1.88. The summed E-state index contributed by atoms with van der Waals surface area (Å²) in [5, 5.41) is 8.64. The van der Waals surface area contributed by atoms with E-state index in [4.69, 9.17) is 5.11 Å². The lowest BCUT2D eigenvalue weighted by atomic mass is 9.86. The Balaban J connectivity index is 2.61. The second-order valence-electron chi connectivity index (χ2n) is 5.56. The molecule has 1 fully saturated rings. The van der Waals surface area contributed by atoms with Crippen LogP contribution in [0.5, 0.6) is 0 Å². The number of rotatable bonds is 3. The SMILES string of the molecule is CC1CC(C)C(C)N(C(=O)N(C)CCC(=O)O)C1. The topological polar surface area (TPSA) is 60.9 Å². The number of carbonyl (C=O) groups is 2. The summed E-state index contributed by atoms with van der Waals surface area (Å²) < 4.78 is 0. The maximum atomic E-state index is 12.3. The summed E-state index contributed by atoms with van der Waals surface area (Å²) in [6.07, 6.45) is 1.14. The largest absolute Gasteiger partial charge is 0.481 e. The first-order chi connectivity index (χ1) is 8.32. The minimum atomic E-state index is -0.872. The highest BCUT2D eigenvalue weighted by molar-refractivity contribution is 5.75. The van der Waals surface area contributed by atoms with Gasteiger partial charge in [0.25, 0.3) is 0 Å². The first kappa shape index (κ1) is 14.8. The Morgan fingerprint density at radius 3 is 2.50 bits per heavy atom. The maximum absolute atomic E-state index is 12.3. The molecule has 1 aliphatic rings. The number of carbonyl (C=O) groups excluding carboxylic acids is 1. The molecule has 2 amide bonds. The Kier molecular flexibility index (Phi) is 4.99. The number of likely N-dealkylation sites (tertiary alicyclic amines) is 1. The molecule has 1 saturated heterocycles. The van der Waals surface area contributed by atoms with Gasteiger partial charge < -0.3 is 14.9 Å². The molecule has 104 valence electrons. The summed E-state index contributed by atoms with van der Waals surface area (Å²) in [7, 11) is 1.67. The van der Waals surface area contributed by atoms with Crippen molar-refractivity contribution >= 4 is 12.0 Å². The van der Waals surface area contributed by atoms with Crippen molar-refractivity contribution in [1.29, 1.82) is 0 Å². The Morgan fingerprint density at radius 1 is 1.33 bits per heavy atom. The lowest BCUT2D eigenvalue weighted by molar-refractivity contribution is -0.137. The molecule has 1 N–H and O–H groups in total. The van der Waals surface area contributed by atoms with E-state index in [1.807, 2.05) is 4.90 Å². The van der Waals surface area contributed by atoms with Crippen LogP contribution in [0.4, 0.5) is 4.79 Å². The summed E-state index contributed by atoms with van der Waals surface area (Å²) in [6, 6.07) is 0.170. The first-order valence-electron chi connectivity index (χ1n) is 6.56. The van der Waals surface area contributed by atoms with Crippen LogP contribution in [0.1, 0.15) is 33.6 Å². The van der Waals surface area contributed by atoms with E-state index in [0.717, 1.165) is 13.0 Å². The standard InChI is InChI=1S/C13H24N2O3/c1-9-7-10(2)11(3)15(8-9)13(18)14(4)6-5-12(16)17/h9-11H,5-8H2,1-4H3,(H,16,17). The quantitative estimate of drug-likeness (QED) is 0.838. The third-order valence-electron chi connectivity index (χ3n) is 3.83. The molecule has 0 aliphatic carbocycles. The molecule has 0 aromatic heterocycles. The van der Waals surface area contributed by atoms with Gasteiger partial charge >= 0.3 is 12.0 Å². The second-order valence-corrected chi connectivity index (χ2v) is 5.56. The molecule has 0 aromatic carbocycles. The zero-order valence-corrected chi connectivity index (χ0v) is 11.7. The van der Waals surface area contributed by atoms with Gasteiger partial charge in [0, 0.05) is 26.2 Å². The van der Waals surface area contributed by atoms with Crippen LogP contribution in [0.3, 0.4) is 0 Å². The smallest absolute Gasteiger partial charge is 0.320 e. The number of amides is 2. The van der Waals surface area contributed by atoms with E-state index in [9.17, 15) is 9.59 Å². The summed E-state index contributed by atoms with van der Waals surface area (Å²) in [4.78, 5) is 26.2. The van der Waals surface area contributed by atoms with E-state index >= 15 is 0 Å². The van der Waals surface area contributed by atoms with E-state index in [1.54, 1.807) is 7.05 Å². The number of hydrogen-bond acceptors (Lipinski definition) is 2. The lowest BCUT2D eigenvalue weighted by Gasteiger charge is -2.42. The minimum Gasteiger partial charge on any atom is -0.481 e. The van der Waals surface area contributed by atoms with Gasteiger partial charge in [-0.05, 0) is 25.2 Å². The molecular formula is C13H24N2O3. The molecule has 3 atom stereocenters. The summed E-state index contributed by atoms with van der Waals surface area (Å²) in [6.45, 7) is 7.42. The van der Waals surface area contributed by atoms with Crippen molar-refractivity contribution in [2.75, 3.05) is 20.1 Å². The van der Waals surface area contributed by atoms with Crippen molar-refractivity contribution in [3.63, 3.8) is 0 Å². The van der Waals surface area contributed by atoms with Crippen LogP contribution >= 0.6 is 0 Å². The number of carboxylic acids is 1. The van der Waals surface area contributed by atoms with Gasteiger partial charge in [-0.25, -0.2) is 4.79 Å². The van der Waals surface area contributed by atoms with Crippen LogP contribution in [0.2, 0.25) is 0 Å². The van der Waals surface area contributed by atoms with Crippen LogP contribution in [0.15, 0.2) is 0 Å². The van der Waals surface area contributed by atoms with E-state index in [2.05, 4.69) is 20.8 Å². The molecule has 18 heavy (non-hydrogen) atoms. The Hall–Kier alpha value is -1.26. The zero-order chi connectivity index (χ0) is 13.9. The van der Waals surface area contributed by atoms with E-state index < -0.39 is 5.97 Å². The number of nitrogens with zero attached hydrogens (tertiary/aromatic N) is 2. The van der Waals surface area contributed by atoms with Gasteiger partial charge in [-0.15, -0.1) is 0 Å². The highest BCUT2D eigenvalue weighted by atomic mass is 16.4. The van der Waals surface area contributed by atoms with Crippen LogP contribution in [-0.4, -0.2) is 53.1 Å². The van der Waals surface area contributed by atoms with Crippen molar-refractivity contribution in [2.24, 2.45) is 11.8 Å². The fourth-order valence-corrected chi connectivity index (χ4v) is 2.55. The lowest BCUT2D eigenvalue weighted by Crippen LogP contribution is -2.53. The Bertz CT molecular complexity index is 319. The molecule has 3 unspecified atom stereocenters. The van der Waals surface area contributed by atoms with Gasteiger partial charge in [-0.1, -0.05) is 13.8 Å². The van der Waals surface area contributed by atoms with Gasteiger partial charge in [-0.3, -0.25) is 4.79 Å². The average Bonchev–Trinajstić information content (AvgIpc) is 2.29. The number of urea groups is 1. The molecule has 5 heteroatoms. The van der Waals surface area contributed by atoms with Crippen molar-refractivity contribution < 1.29 is 14.7 Å². The summed E-state index contributed by atoms with van der Waals surface area (Å²) in [5.41, 5.74) is 0. The summed E-state index contributed by atoms with van der Waals surface area (Å²) >= 11 is 0. The minimum absolute atomic E-state index is 0.00440. The average molecular weight is 256 g/mol. The molecule has 1 aliphatic heterocycles. The van der Waals surface area contributed by atoms with E-state index in [0.29, 0.717) is 11.8 Å². The van der Waals surface area contributed by atoms with Crippen molar-refractivity contribution in [3.8, 4) is 0 Å². The van der Waals surface area contributed by atoms with Crippen molar-refractivity contribution in [1.82, 2.24) is 9.80 Å². The van der Waals surface area contributed by atoms with Crippen LogP contribution in [0.25, 0.3) is 0 Å². The molecule has 1 rings (SSSR count). The monoisotopic (exact) mass is 256 g/mol. The predicted molar refractivity (Wildman–Crippen MR) is 69.4 cm³/mol. The molecular weight excluding hydrogens is 232 g/mol. The van der Waals surface area contributed by atoms with Gasteiger partial charge in [0.05, 0.1) is 6.42 Å². The van der Waals surface area contributed by atoms with Crippen molar-refractivity contribution in [3.05, 3.63) is 0 Å². The fourth-order valence-electron chi connectivity index (χ4n) is 2.55. The number of hydrogen-bond donors (Lipinski definition) is 1. The zero-order valence-electron chi connectivity index (χ0n) is 11.7. The van der Waals surface area contributed by atoms with Gasteiger partial charge in [0.2, 0.25) is 0 Å². The van der Waals surface area contributed by atoms with Gasteiger partial charge in [0.1, 0.15) is 0 Å². The number of piperidine rings is 1. The van der Waals surface area contributed by atoms with Crippen LogP contribution in [0, 0.1) is 11.8 Å². The third kappa shape index (κ3) is 3.62. The van der Waals surface area contributed by atoms with Gasteiger partial charge in [-0.2, -0.15) is 0 Å². The molecule has 0 saturated carbocycles. The summed E-state index contributed by atoms with van der Waals surface area (Å²) in [5.74, 6) is 0.127. The van der Waals surface area contributed by atoms with E-state index in [1.165, 1.54) is 4.90 Å². The van der Waals surface area contributed by atoms with Gasteiger partial charge in [0.15, 0.2) is 0 Å². The normalized spacial score (nSPS) is 28.0. The van der Waals surface area contributed by atoms with Crippen LogP contribution < -0.4 is 0 Å². The molecule has 0 radical (unpaired) electrons. The third-order valence-corrected chi connectivity index (χ3v) is 3.83. The molecule has 0 aromatic rings. The Labute approximate surface area is 109 Å². The van der Waals surface area contributed by atoms with Crippen molar-refractivity contribution in [2.45, 2.75) is 39.7 Å². The van der Waals surface area contributed by atoms with E-state index in [-0.39, 0.29) is 25.0 Å². The molecule has 1 heterocycles. The molecule has 0 bridgehead atoms. The highest BCUT2D eigenvalue weighted by Gasteiger charge is 2.33. The second kappa shape index (κ2) is 6.07. The maximum Gasteiger partial charge on any atom is 0.320 e. The molecule has 0 spiro atoms. The number of aliphatic carboxylic acids is 1. The molecule has 5 nitrogen and oxygen atoms in total. The first-order valence-corrected chi connectivity index (χ1v) is 6.56.